The van der Waals surface area contributed by atoms with Crippen LogP contribution >= 0.6 is 0 Å². The molecule has 0 aliphatic carbocycles. The molecule has 18 heavy (non-hydrogen) atoms. The molecule has 2 N–H and O–H groups in total. The van der Waals surface area contributed by atoms with E-state index < -0.39 is 0 Å². The monoisotopic (exact) mass is 248 g/mol. The van der Waals surface area contributed by atoms with Crippen LogP contribution in [0.4, 0.5) is 4.39 Å². The summed E-state index contributed by atoms with van der Waals surface area (Å²) in [7, 11) is 0. The molecule has 96 valence electrons. The van der Waals surface area contributed by atoms with E-state index >= 15 is 0 Å². The van der Waals surface area contributed by atoms with Crippen molar-refractivity contribution in [1.29, 1.82) is 0 Å². The van der Waals surface area contributed by atoms with Crippen LogP contribution in [0, 0.1) is 5.82 Å². The number of carbonyl (C=O) groups excluding carboxylic acids is 1. The number of carbonyl (C=O) groups is 1. The van der Waals surface area contributed by atoms with Gasteiger partial charge in [0, 0.05) is 24.2 Å². The molecule has 1 aliphatic heterocycles. The maximum atomic E-state index is 13.6. The van der Waals surface area contributed by atoms with Crippen molar-refractivity contribution in [2.45, 2.75) is 19.9 Å². The first-order chi connectivity index (χ1) is 8.59. The molecule has 0 radical (unpaired) electrons. The summed E-state index contributed by atoms with van der Waals surface area (Å²) in [4.78, 5) is 12.0. The molecular weight excluding hydrogens is 231 g/mol. The maximum Gasteiger partial charge on any atom is 0.247 e. The summed E-state index contributed by atoms with van der Waals surface area (Å²) in [5, 5.41) is 5.91. The Bertz CT molecular complexity index is 490. The summed E-state index contributed by atoms with van der Waals surface area (Å²) in [6, 6.07) is 6.16. The third kappa shape index (κ3) is 2.59. The molecule has 1 fully saturated rings. The van der Waals surface area contributed by atoms with Gasteiger partial charge in [-0.15, -0.1) is 0 Å². The fourth-order valence-electron chi connectivity index (χ4n) is 1.88. The SMILES string of the molecule is CC(C(=O)N[C@H](C)c1ccccc1F)=C1CNC1. The molecule has 0 spiro atoms. The Kier molecular flexibility index (Phi) is 3.77. The predicted octanol–water partition coefficient (Wildman–Crippen LogP) is 1.92. The van der Waals surface area contributed by atoms with Crippen molar-refractivity contribution in [3.63, 3.8) is 0 Å². The zero-order chi connectivity index (χ0) is 13.1. The van der Waals surface area contributed by atoms with Crippen molar-refractivity contribution in [2.24, 2.45) is 0 Å². The van der Waals surface area contributed by atoms with Gasteiger partial charge in [0.2, 0.25) is 5.91 Å². The lowest BCUT2D eigenvalue weighted by Gasteiger charge is -2.23. The molecule has 0 saturated carbocycles. The van der Waals surface area contributed by atoms with Crippen LogP contribution in [0.5, 0.6) is 0 Å². The van der Waals surface area contributed by atoms with Crippen LogP contribution in [0.3, 0.4) is 0 Å². The maximum absolute atomic E-state index is 13.6. The van der Waals surface area contributed by atoms with Crippen LogP contribution in [-0.2, 0) is 4.79 Å². The Morgan fingerprint density at radius 3 is 2.61 bits per heavy atom. The minimum atomic E-state index is -0.331. The Morgan fingerprint density at radius 1 is 1.39 bits per heavy atom. The number of halogens is 1. The van der Waals surface area contributed by atoms with Crippen molar-refractivity contribution >= 4 is 5.91 Å². The zero-order valence-electron chi connectivity index (χ0n) is 10.6. The van der Waals surface area contributed by atoms with Crippen LogP contribution in [0.25, 0.3) is 0 Å². The fraction of sp³-hybridized carbons (Fsp3) is 0.357. The highest BCUT2D eigenvalue weighted by Gasteiger charge is 2.18. The van der Waals surface area contributed by atoms with E-state index in [2.05, 4.69) is 10.6 Å². The average Bonchev–Trinajstić information content (AvgIpc) is 2.26. The highest BCUT2D eigenvalue weighted by Crippen LogP contribution is 2.17. The summed E-state index contributed by atoms with van der Waals surface area (Å²) in [6.07, 6.45) is 0. The van der Waals surface area contributed by atoms with Crippen LogP contribution in [0.15, 0.2) is 35.4 Å². The summed E-state index contributed by atoms with van der Waals surface area (Å²) in [5.41, 5.74) is 2.36. The van der Waals surface area contributed by atoms with Crippen molar-refractivity contribution in [2.75, 3.05) is 13.1 Å². The van der Waals surface area contributed by atoms with Crippen LogP contribution in [0.2, 0.25) is 0 Å². The molecule has 1 aromatic carbocycles. The van der Waals surface area contributed by atoms with Gasteiger partial charge in [0.1, 0.15) is 5.82 Å². The second-order valence-corrected chi connectivity index (χ2v) is 4.55. The number of amides is 1. The largest absolute Gasteiger partial charge is 0.346 e. The molecule has 1 heterocycles. The molecule has 4 heteroatoms. The average molecular weight is 248 g/mol. The van der Waals surface area contributed by atoms with E-state index in [4.69, 9.17) is 0 Å². The molecule has 0 unspecified atom stereocenters. The first kappa shape index (κ1) is 12.8. The van der Waals surface area contributed by atoms with E-state index in [1.807, 2.05) is 0 Å². The second-order valence-electron chi connectivity index (χ2n) is 4.55. The van der Waals surface area contributed by atoms with Gasteiger partial charge in [0.25, 0.3) is 0 Å². The van der Waals surface area contributed by atoms with E-state index in [1.54, 1.807) is 32.0 Å². The van der Waals surface area contributed by atoms with Gasteiger partial charge >= 0.3 is 0 Å². The highest BCUT2D eigenvalue weighted by molar-refractivity contribution is 5.94. The molecule has 1 amide bonds. The van der Waals surface area contributed by atoms with Gasteiger partial charge in [0.15, 0.2) is 0 Å². The topological polar surface area (TPSA) is 41.1 Å². The summed E-state index contributed by atoms with van der Waals surface area (Å²) in [6.45, 7) is 5.13. The summed E-state index contributed by atoms with van der Waals surface area (Å²) in [5.74, 6) is -0.414. The second kappa shape index (κ2) is 5.31. The van der Waals surface area contributed by atoms with E-state index in [9.17, 15) is 9.18 Å². The molecule has 2 rings (SSSR count). The lowest BCUT2D eigenvalue weighted by Crippen LogP contribution is -2.38. The molecule has 1 saturated heterocycles. The molecule has 0 aromatic heterocycles. The Morgan fingerprint density at radius 2 is 2.06 bits per heavy atom. The lowest BCUT2D eigenvalue weighted by atomic mass is 10.0. The molecule has 1 aliphatic rings. The van der Waals surface area contributed by atoms with Gasteiger partial charge in [-0.1, -0.05) is 18.2 Å². The highest BCUT2D eigenvalue weighted by atomic mass is 19.1. The van der Waals surface area contributed by atoms with E-state index in [-0.39, 0.29) is 17.8 Å². The third-order valence-corrected chi connectivity index (χ3v) is 3.27. The molecule has 1 atom stereocenters. The summed E-state index contributed by atoms with van der Waals surface area (Å²) >= 11 is 0. The lowest BCUT2D eigenvalue weighted by molar-refractivity contribution is -0.118. The Hall–Kier alpha value is -1.68. The van der Waals surface area contributed by atoms with Gasteiger partial charge in [-0.2, -0.15) is 0 Å². The molecule has 1 aromatic rings. The first-order valence-electron chi connectivity index (χ1n) is 6.04. The summed E-state index contributed by atoms with van der Waals surface area (Å²) < 4.78 is 13.6. The molecule has 0 bridgehead atoms. The fourth-order valence-corrected chi connectivity index (χ4v) is 1.88. The van der Waals surface area contributed by atoms with Crippen LogP contribution in [-0.4, -0.2) is 19.0 Å². The standard InChI is InChI=1S/C14H17FN2O/c1-9(11-7-16-8-11)14(18)17-10(2)12-5-3-4-6-13(12)15/h3-6,10,16H,7-8H2,1-2H3,(H,17,18)/t10-/m1/s1. The van der Waals surface area contributed by atoms with Gasteiger partial charge < -0.3 is 10.6 Å². The number of hydrogen-bond acceptors (Lipinski definition) is 2. The smallest absolute Gasteiger partial charge is 0.247 e. The van der Waals surface area contributed by atoms with Crippen molar-refractivity contribution < 1.29 is 9.18 Å². The number of rotatable bonds is 3. The van der Waals surface area contributed by atoms with Gasteiger partial charge in [0.05, 0.1) is 6.04 Å². The third-order valence-electron chi connectivity index (χ3n) is 3.27. The number of nitrogens with one attached hydrogen (secondary N) is 2. The number of benzene rings is 1. The van der Waals surface area contributed by atoms with E-state index in [0.29, 0.717) is 5.56 Å². The van der Waals surface area contributed by atoms with Gasteiger partial charge in [-0.25, -0.2) is 4.39 Å². The van der Waals surface area contributed by atoms with Crippen molar-refractivity contribution in [1.82, 2.24) is 10.6 Å². The first-order valence-corrected chi connectivity index (χ1v) is 6.04. The normalized spacial score (nSPS) is 15.8. The van der Waals surface area contributed by atoms with E-state index in [0.717, 1.165) is 24.2 Å². The van der Waals surface area contributed by atoms with Crippen LogP contribution in [0.1, 0.15) is 25.5 Å². The van der Waals surface area contributed by atoms with Crippen LogP contribution < -0.4 is 10.6 Å². The van der Waals surface area contributed by atoms with Crippen molar-refractivity contribution in [3.05, 3.63) is 46.8 Å². The minimum absolute atomic E-state index is 0.123. The Labute approximate surface area is 106 Å². The van der Waals surface area contributed by atoms with Gasteiger partial charge in [-0.05, 0) is 25.5 Å². The predicted molar refractivity (Wildman–Crippen MR) is 68.5 cm³/mol. The molecular formula is C14H17FN2O. The molecule has 3 nitrogen and oxygen atoms in total. The minimum Gasteiger partial charge on any atom is -0.346 e. The quantitative estimate of drug-likeness (QED) is 0.802. The van der Waals surface area contributed by atoms with E-state index in [1.165, 1.54) is 6.07 Å². The van der Waals surface area contributed by atoms with Gasteiger partial charge in [-0.3, -0.25) is 4.79 Å². The zero-order valence-corrected chi connectivity index (χ0v) is 10.6. The van der Waals surface area contributed by atoms with Crippen molar-refractivity contribution in [3.8, 4) is 0 Å². The Balaban J connectivity index is 2.06. The number of hydrogen-bond donors (Lipinski definition) is 2.